The summed E-state index contributed by atoms with van der Waals surface area (Å²) in [7, 11) is 0. The highest BCUT2D eigenvalue weighted by atomic mass is 16.6. The zero-order chi connectivity index (χ0) is 55.7. The SMILES string of the molecule is CC/C=C\C/C=C\C/C=C\C/C=C\C/C=C\C/C=C\CCCCCCC(=O)OCC(COC(=O)CCCCCCC/C=C\C/C=C\CCCCC)OC(=O)CCCCCCCC/C=C\C/C=C\C/C=C\CCCCCCC. The molecule has 0 amide bonds. The Hall–Kier alpha value is -4.45. The van der Waals surface area contributed by atoms with Gasteiger partial charge >= 0.3 is 17.9 Å². The van der Waals surface area contributed by atoms with Crippen molar-refractivity contribution in [3.63, 3.8) is 0 Å². The molecular weight excluding hydrogens is 949 g/mol. The highest BCUT2D eigenvalue weighted by Crippen LogP contribution is 2.14. The maximum absolute atomic E-state index is 12.9. The molecule has 436 valence electrons. The Morgan fingerprint density at radius 2 is 0.506 bits per heavy atom. The number of ether oxygens (including phenoxy) is 3. The predicted octanol–water partition coefficient (Wildman–Crippen LogP) is 21.8. The second kappa shape index (κ2) is 64.1. The normalized spacial score (nSPS) is 13.0. The van der Waals surface area contributed by atoms with Crippen molar-refractivity contribution in [3.05, 3.63) is 134 Å². The van der Waals surface area contributed by atoms with Gasteiger partial charge in [0, 0.05) is 19.3 Å². The topological polar surface area (TPSA) is 78.9 Å². The Labute approximate surface area is 475 Å². The molecule has 6 nitrogen and oxygen atoms in total. The second-order valence-electron chi connectivity index (χ2n) is 20.6. The van der Waals surface area contributed by atoms with Crippen LogP contribution in [-0.2, 0) is 28.6 Å². The van der Waals surface area contributed by atoms with E-state index in [-0.39, 0.29) is 31.1 Å². The number of rotatable bonds is 56. The van der Waals surface area contributed by atoms with Crippen LogP contribution in [0.3, 0.4) is 0 Å². The molecule has 6 heteroatoms. The highest BCUT2D eigenvalue weighted by molar-refractivity contribution is 5.71. The molecular formula is C71H116O6. The van der Waals surface area contributed by atoms with E-state index in [0.717, 1.165) is 161 Å². The van der Waals surface area contributed by atoms with Crippen LogP contribution >= 0.6 is 0 Å². The highest BCUT2D eigenvalue weighted by Gasteiger charge is 2.19. The van der Waals surface area contributed by atoms with E-state index in [1.165, 1.54) is 77.0 Å². The Morgan fingerprint density at radius 1 is 0.273 bits per heavy atom. The van der Waals surface area contributed by atoms with Gasteiger partial charge in [-0.1, -0.05) is 251 Å². The number of esters is 3. The Balaban J connectivity index is 4.49. The molecule has 0 aromatic rings. The van der Waals surface area contributed by atoms with E-state index < -0.39 is 6.10 Å². The summed E-state index contributed by atoms with van der Waals surface area (Å²) < 4.78 is 16.9. The lowest BCUT2D eigenvalue weighted by atomic mass is 10.1. The maximum atomic E-state index is 12.9. The zero-order valence-corrected chi connectivity index (χ0v) is 49.9. The number of carbonyl (C=O) groups is 3. The number of unbranched alkanes of at least 4 members (excludes halogenated alkanes) is 23. The van der Waals surface area contributed by atoms with Gasteiger partial charge in [-0.2, -0.15) is 0 Å². The number of carbonyl (C=O) groups excluding carboxylic acids is 3. The first-order chi connectivity index (χ1) is 38.0. The van der Waals surface area contributed by atoms with Crippen LogP contribution in [0, 0.1) is 0 Å². The summed E-state index contributed by atoms with van der Waals surface area (Å²) in [6.07, 6.45) is 90.1. The Bertz CT molecular complexity index is 1650. The van der Waals surface area contributed by atoms with E-state index in [9.17, 15) is 14.4 Å². The maximum Gasteiger partial charge on any atom is 0.306 e. The molecule has 0 spiro atoms. The monoisotopic (exact) mass is 1060 g/mol. The molecule has 0 bridgehead atoms. The van der Waals surface area contributed by atoms with Crippen LogP contribution in [0.4, 0.5) is 0 Å². The molecule has 0 fully saturated rings. The van der Waals surface area contributed by atoms with Crippen molar-refractivity contribution in [2.75, 3.05) is 13.2 Å². The van der Waals surface area contributed by atoms with Crippen molar-refractivity contribution < 1.29 is 28.6 Å². The fourth-order valence-corrected chi connectivity index (χ4v) is 8.36. The Morgan fingerprint density at radius 3 is 0.818 bits per heavy atom. The average molecular weight is 1070 g/mol. The molecule has 0 N–H and O–H groups in total. The van der Waals surface area contributed by atoms with E-state index in [1.807, 2.05) is 0 Å². The molecule has 1 atom stereocenters. The van der Waals surface area contributed by atoms with Crippen LogP contribution in [-0.4, -0.2) is 37.2 Å². The van der Waals surface area contributed by atoms with E-state index in [4.69, 9.17) is 14.2 Å². The second-order valence-corrected chi connectivity index (χ2v) is 20.6. The molecule has 0 radical (unpaired) electrons. The summed E-state index contributed by atoms with van der Waals surface area (Å²) in [5.74, 6) is -0.953. The molecule has 0 aliphatic carbocycles. The van der Waals surface area contributed by atoms with Crippen LogP contribution in [0.15, 0.2) is 134 Å². The average Bonchev–Trinajstić information content (AvgIpc) is 3.43. The van der Waals surface area contributed by atoms with E-state index in [1.54, 1.807) is 0 Å². The summed E-state index contributed by atoms with van der Waals surface area (Å²) in [4.78, 5) is 38.3. The van der Waals surface area contributed by atoms with Gasteiger partial charge in [0.2, 0.25) is 0 Å². The van der Waals surface area contributed by atoms with Crippen molar-refractivity contribution >= 4 is 17.9 Å². The number of hydrogen-bond donors (Lipinski definition) is 0. The summed E-state index contributed by atoms with van der Waals surface area (Å²) >= 11 is 0. The van der Waals surface area contributed by atoms with Gasteiger partial charge in [-0.25, -0.2) is 0 Å². The molecule has 0 saturated carbocycles. The van der Waals surface area contributed by atoms with Gasteiger partial charge in [0.25, 0.3) is 0 Å². The van der Waals surface area contributed by atoms with Crippen molar-refractivity contribution in [1.82, 2.24) is 0 Å². The van der Waals surface area contributed by atoms with Gasteiger partial charge in [-0.3, -0.25) is 14.4 Å². The predicted molar refractivity (Wildman–Crippen MR) is 334 cm³/mol. The molecule has 0 aliphatic rings. The third-order valence-electron chi connectivity index (χ3n) is 13.1. The van der Waals surface area contributed by atoms with Gasteiger partial charge in [-0.05, 0) is 141 Å². The van der Waals surface area contributed by atoms with Gasteiger partial charge < -0.3 is 14.2 Å². The summed E-state index contributed by atoms with van der Waals surface area (Å²) in [6.45, 7) is 6.45. The van der Waals surface area contributed by atoms with Gasteiger partial charge in [0.1, 0.15) is 13.2 Å². The molecule has 0 saturated heterocycles. The summed E-state index contributed by atoms with van der Waals surface area (Å²) in [5.41, 5.74) is 0. The minimum absolute atomic E-state index is 0.103. The first-order valence-corrected chi connectivity index (χ1v) is 31.7. The standard InChI is InChI=1S/C71H116O6/c1-4-7-10-13-16-19-22-25-28-30-32-34-35-37-38-40-43-46-49-52-55-58-61-64-70(73)76-67-68(66-75-69(72)63-60-57-54-51-48-45-42-27-24-21-18-15-12-9-6-3)77-71(74)65-62-59-56-53-50-47-44-41-39-36-33-31-29-26-23-20-17-14-11-8-5-2/h7,10,16,18-19,21,23,25-28,31-34,37-39,41-43,46,68H,4-6,8-9,11-15,17,20,22,24,29-30,35-36,40,44-45,47-67H2,1-3H3/b10-7-,19-16-,21-18-,26-23-,28-25-,33-31-,34-32-,38-37-,41-39-,42-27-,46-43-. The van der Waals surface area contributed by atoms with Crippen LogP contribution in [0.2, 0.25) is 0 Å². The van der Waals surface area contributed by atoms with Crippen LogP contribution in [0.25, 0.3) is 0 Å². The van der Waals surface area contributed by atoms with Crippen LogP contribution in [0.1, 0.15) is 278 Å². The van der Waals surface area contributed by atoms with Crippen molar-refractivity contribution in [2.24, 2.45) is 0 Å². The van der Waals surface area contributed by atoms with Crippen molar-refractivity contribution in [1.29, 1.82) is 0 Å². The molecule has 0 aliphatic heterocycles. The first kappa shape index (κ1) is 72.5. The van der Waals surface area contributed by atoms with Gasteiger partial charge in [0.15, 0.2) is 6.10 Å². The fourth-order valence-electron chi connectivity index (χ4n) is 8.36. The third kappa shape index (κ3) is 62.3. The van der Waals surface area contributed by atoms with Crippen molar-refractivity contribution in [3.8, 4) is 0 Å². The van der Waals surface area contributed by atoms with Crippen LogP contribution < -0.4 is 0 Å². The number of hydrogen-bond acceptors (Lipinski definition) is 6. The lowest BCUT2D eigenvalue weighted by Gasteiger charge is -2.18. The quantitative estimate of drug-likeness (QED) is 0.0261. The third-order valence-corrected chi connectivity index (χ3v) is 13.1. The van der Waals surface area contributed by atoms with E-state index in [2.05, 4.69) is 154 Å². The molecule has 0 heterocycles. The summed E-state index contributed by atoms with van der Waals surface area (Å²) in [6, 6.07) is 0. The van der Waals surface area contributed by atoms with Gasteiger partial charge in [-0.15, -0.1) is 0 Å². The lowest BCUT2D eigenvalue weighted by molar-refractivity contribution is -0.167. The molecule has 77 heavy (non-hydrogen) atoms. The lowest BCUT2D eigenvalue weighted by Crippen LogP contribution is -2.30. The van der Waals surface area contributed by atoms with E-state index >= 15 is 0 Å². The minimum Gasteiger partial charge on any atom is -0.462 e. The fraction of sp³-hybridized carbons (Fsp3) is 0.648. The smallest absolute Gasteiger partial charge is 0.306 e. The molecule has 1 unspecified atom stereocenters. The number of allylic oxidation sites excluding steroid dienone is 22. The Kier molecular flexibility index (Phi) is 60.4. The van der Waals surface area contributed by atoms with Crippen molar-refractivity contribution in [2.45, 2.75) is 284 Å². The molecule has 0 rings (SSSR count). The first-order valence-electron chi connectivity index (χ1n) is 31.7. The minimum atomic E-state index is -0.809. The summed E-state index contributed by atoms with van der Waals surface area (Å²) in [5, 5.41) is 0. The molecule has 0 aromatic carbocycles. The molecule has 0 aromatic heterocycles. The van der Waals surface area contributed by atoms with E-state index in [0.29, 0.717) is 19.3 Å². The largest absolute Gasteiger partial charge is 0.462 e. The van der Waals surface area contributed by atoms with Gasteiger partial charge in [0.05, 0.1) is 0 Å². The van der Waals surface area contributed by atoms with Crippen LogP contribution in [0.5, 0.6) is 0 Å². The zero-order valence-electron chi connectivity index (χ0n) is 49.9.